The van der Waals surface area contributed by atoms with Gasteiger partial charge in [-0.15, -0.1) is 0 Å². The van der Waals surface area contributed by atoms with Crippen LogP contribution < -0.4 is 5.73 Å². The summed E-state index contributed by atoms with van der Waals surface area (Å²) in [4.78, 5) is 4.20. The number of anilines is 1. The maximum atomic E-state index is 13.5. The van der Waals surface area contributed by atoms with Crippen molar-refractivity contribution in [3.8, 4) is 5.69 Å². The Labute approximate surface area is 134 Å². The fraction of sp³-hybridized carbons (Fsp3) is 0.133. The molecule has 0 saturated heterocycles. The molecule has 0 radical (unpaired) electrons. The normalized spacial score (nSPS) is 11.3. The Hall–Kier alpha value is -1.59. The van der Waals surface area contributed by atoms with E-state index in [4.69, 9.17) is 17.3 Å². The molecule has 0 unspecified atom stereocenters. The van der Waals surface area contributed by atoms with Gasteiger partial charge in [-0.05, 0) is 43.2 Å². The van der Waals surface area contributed by atoms with Crippen LogP contribution in [0, 0.1) is 19.7 Å². The summed E-state index contributed by atoms with van der Waals surface area (Å²) in [5.41, 5.74) is 10.2. The van der Waals surface area contributed by atoms with E-state index in [1.54, 1.807) is 10.6 Å². The molecule has 1 aromatic heterocycles. The number of nitrogens with zero attached hydrogens (tertiary/aromatic N) is 2. The number of fused-ring (bicyclic) bond motifs is 1. The van der Waals surface area contributed by atoms with Gasteiger partial charge in [0.15, 0.2) is 0 Å². The summed E-state index contributed by atoms with van der Waals surface area (Å²) in [5.74, 6) is -0.204. The molecule has 0 aliphatic rings. The monoisotopic (exact) mass is 367 g/mol. The van der Waals surface area contributed by atoms with Gasteiger partial charge in [-0.2, -0.15) is 0 Å². The Morgan fingerprint density at radius 1 is 1.19 bits per heavy atom. The molecule has 1 heterocycles. The lowest BCUT2D eigenvalue weighted by atomic mass is 10.1. The number of rotatable bonds is 1. The van der Waals surface area contributed by atoms with E-state index in [9.17, 15) is 4.39 Å². The van der Waals surface area contributed by atoms with Crippen LogP contribution in [0.25, 0.3) is 16.7 Å². The lowest BCUT2D eigenvalue weighted by molar-refractivity contribution is 0.630. The van der Waals surface area contributed by atoms with Gasteiger partial charge in [0.1, 0.15) is 5.82 Å². The first-order valence-corrected chi connectivity index (χ1v) is 7.45. The average molecular weight is 369 g/mol. The molecule has 0 saturated carbocycles. The summed E-state index contributed by atoms with van der Waals surface area (Å²) in [6.07, 6.45) is 0. The summed E-state index contributed by atoms with van der Waals surface area (Å²) in [6, 6.07) is 6.82. The first-order valence-electron chi connectivity index (χ1n) is 6.28. The van der Waals surface area contributed by atoms with Crippen molar-refractivity contribution in [2.45, 2.75) is 13.8 Å². The van der Waals surface area contributed by atoms with Gasteiger partial charge in [-0.1, -0.05) is 27.5 Å². The van der Waals surface area contributed by atoms with Crippen molar-refractivity contribution in [1.82, 2.24) is 9.55 Å². The van der Waals surface area contributed by atoms with E-state index in [1.165, 1.54) is 6.07 Å². The third-order valence-electron chi connectivity index (χ3n) is 3.40. The second-order valence-corrected chi connectivity index (χ2v) is 6.15. The number of hydrogen-bond acceptors (Lipinski definition) is 2. The summed E-state index contributed by atoms with van der Waals surface area (Å²) >= 11 is 9.42. The van der Waals surface area contributed by atoms with Crippen molar-refractivity contribution in [3.63, 3.8) is 0 Å². The molecule has 2 N–H and O–H groups in total. The zero-order chi connectivity index (χ0) is 15.3. The Morgan fingerprint density at radius 3 is 2.43 bits per heavy atom. The van der Waals surface area contributed by atoms with Crippen LogP contribution in [0.2, 0.25) is 5.02 Å². The number of aryl methyl sites for hydroxylation is 2. The zero-order valence-corrected chi connectivity index (χ0v) is 13.8. The fourth-order valence-corrected chi connectivity index (χ4v) is 2.80. The number of nitrogen functional groups attached to an aromatic ring is 1. The van der Waals surface area contributed by atoms with Crippen LogP contribution in [0.5, 0.6) is 0 Å². The number of imidazole rings is 1. The van der Waals surface area contributed by atoms with Gasteiger partial charge in [-0.3, -0.25) is 4.57 Å². The zero-order valence-electron chi connectivity index (χ0n) is 11.4. The van der Waals surface area contributed by atoms with Gasteiger partial charge in [-0.25, -0.2) is 9.37 Å². The van der Waals surface area contributed by atoms with Crippen LogP contribution in [0.15, 0.2) is 28.7 Å². The summed E-state index contributed by atoms with van der Waals surface area (Å²) in [6.45, 7) is 4.01. The van der Waals surface area contributed by atoms with Crippen LogP contribution in [-0.2, 0) is 0 Å². The van der Waals surface area contributed by atoms with Gasteiger partial charge in [0.2, 0.25) is 5.95 Å². The summed E-state index contributed by atoms with van der Waals surface area (Å²) in [5, 5.41) is 0.0502. The van der Waals surface area contributed by atoms with E-state index in [0.29, 0.717) is 17.0 Å². The van der Waals surface area contributed by atoms with Crippen molar-refractivity contribution in [2.75, 3.05) is 5.73 Å². The minimum Gasteiger partial charge on any atom is -0.369 e. The molecule has 0 atom stereocenters. The topological polar surface area (TPSA) is 43.8 Å². The molecule has 3 nitrogen and oxygen atoms in total. The number of aromatic nitrogens is 2. The van der Waals surface area contributed by atoms with E-state index >= 15 is 0 Å². The quantitative estimate of drug-likeness (QED) is 0.672. The van der Waals surface area contributed by atoms with Gasteiger partial charge >= 0.3 is 0 Å². The van der Waals surface area contributed by atoms with Crippen molar-refractivity contribution >= 4 is 44.5 Å². The molecule has 108 valence electrons. The van der Waals surface area contributed by atoms with Gasteiger partial charge < -0.3 is 5.73 Å². The Balaban J connectivity index is 2.34. The highest BCUT2D eigenvalue weighted by atomic mass is 79.9. The maximum Gasteiger partial charge on any atom is 0.205 e. The number of halogens is 3. The molecule has 3 aromatic rings. The van der Waals surface area contributed by atoms with Gasteiger partial charge in [0.25, 0.3) is 0 Å². The highest BCUT2D eigenvalue weighted by Gasteiger charge is 2.14. The van der Waals surface area contributed by atoms with Crippen molar-refractivity contribution in [2.24, 2.45) is 0 Å². The first kappa shape index (κ1) is 14.4. The minimum atomic E-state index is -0.503. The predicted molar refractivity (Wildman–Crippen MR) is 87.6 cm³/mol. The first-order chi connectivity index (χ1) is 9.88. The second-order valence-electron chi connectivity index (χ2n) is 4.95. The Bertz CT molecular complexity index is 850. The van der Waals surface area contributed by atoms with Crippen molar-refractivity contribution in [1.29, 1.82) is 0 Å². The van der Waals surface area contributed by atoms with Crippen LogP contribution in [0.3, 0.4) is 0 Å². The smallest absolute Gasteiger partial charge is 0.205 e. The lowest BCUT2D eigenvalue weighted by Gasteiger charge is -2.11. The Kier molecular flexibility index (Phi) is 3.42. The molecule has 2 aromatic carbocycles. The number of hydrogen-bond donors (Lipinski definition) is 1. The summed E-state index contributed by atoms with van der Waals surface area (Å²) < 4.78 is 16.4. The fourth-order valence-electron chi connectivity index (χ4n) is 2.41. The van der Waals surface area contributed by atoms with Gasteiger partial charge in [0.05, 0.1) is 16.1 Å². The largest absolute Gasteiger partial charge is 0.369 e. The number of benzene rings is 2. The molecule has 6 heteroatoms. The molecule has 0 fully saturated rings. The van der Waals surface area contributed by atoms with Crippen LogP contribution in [-0.4, -0.2) is 9.55 Å². The van der Waals surface area contributed by atoms with E-state index < -0.39 is 5.82 Å². The molecule has 0 bridgehead atoms. The SMILES string of the molecule is Cc1cc(-n2c(N)nc3cc(F)c(Cl)cc32)cc(C)c1Br. The van der Waals surface area contributed by atoms with E-state index in [2.05, 4.69) is 20.9 Å². The molecule has 0 aliphatic carbocycles. The minimum absolute atomic E-state index is 0.0502. The van der Waals surface area contributed by atoms with Crippen molar-refractivity contribution < 1.29 is 4.39 Å². The molecular formula is C15H12BrClFN3. The number of nitrogens with two attached hydrogens (primary N) is 1. The average Bonchev–Trinajstić information content (AvgIpc) is 2.71. The molecule has 0 aliphatic heterocycles. The Morgan fingerprint density at radius 2 is 1.81 bits per heavy atom. The van der Waals surface area contributed by atoms with Crippen molar-refractivity contribution in [3.05, 3.63) is 50.7 Å². The molecule has 0 spiro atoms. The highest BCUT2D eigenvalue weighted by Crippen LogP contribution is 2.30. The highest BCUT2D eigenvalue weighted by molar-refractivity contribution is 9.10. The molecule has 3 rings (SSSR count). The molecule has 0 amide bonds. The van der Waals surface area contributed by atoms with E-state index in [1.807, 2.05) is 26.0 Å². The van der Waals surface area contributed by atoms with Gasteiger partial charge in [0, 0.05) is 16.2 Å². The van der Waals surface area contributed by atoms with Crippen LogP contribution >= 0.6 is 27.5 Å². The standard InChI is InChI=1S/C15H12BrClFN3/c1-7-3-9(4-8(2)14(7)16)21-13-5-10(17)11(18)6-12(13)20-15(21)19/h3-6H,1-2H3,(H2,19,20). The summed E-state index contributed by atoms with van der Waals surface area (Å²) in [7, 11) is 0. The molecule has 21 heavy (non-hydrogen) atoms. The third kappa shape index (κ3) is 2.30. The van der Waals surface area contributed by atoms with E-state index in [-0.39, 0.29) is 5.02 Å². The lowest BCUT2D eigenvalue weighted by Crippen LogP contribution is -2.02. The predicted octanol–water partition coefficient (Wildman–Crippen LogP) is 4.78. The van der Waals surface area contributed by atoms with Crippen LogP contribution in [0.1, 0.15) is 11.1 Å². The van der Waals surface area contributed by atoms with E-state index in [0.717, 1.165) is 21.3 Å². The second kappa shape index (κ2) is 5.00. The maximum absolute atomic E-state index is 13.5. The molecular weight excluding hydrogens is 357 g/mol. The van der Waals surface area contributed by atoms with Crippen LogP contribution in [0.4, 0.5) is 10.3 Å². The third-order valence-corrected chi connectivity index (χ3v) is 4.94.